The number of benzene rings is 1. The summed E-state index contributed by atoms with van der Waals surface area (Å²) in [4.78, 5) is 13.2. The van der Waals surface area contributed by atoms with Crippen LogP contribution in [0.3, 0.4) is 0 Å². The maximum absolute atomic E-state index is 11.6. The number of likely N-dealkylation sites (N-methyl/N-ethyl adjacent to an activating group) is 1. The molecule has 0 aliphatic rings. The molecule has 100 valence electrons. The molecule has 0 fully saturated rings. The zero-order valence-corrected chi connectivity index (χ0v) is 12.4. The van der Waals surface area contributed by atoms with Crippen molar-refractivity contribution in [1.82, 2.24) is 4.90 Å². The zero-order valence-electron chi connectivity index (χ0n) is 10.8. The van der Waals surface area contributed by atoms with Crippen LogP contribution < -0.4 is 4.74 Å². The monoisotopic (exact) mass is 315 g/mol. The molecule has 0 bridgehead atoms. The molecule has 0 saturated heterocycles. The SMILES string of the molecule is CCN(C)C(=O)COc1ccc(Br)cc1[C@H](C)O. The Morgan fingerprint density at radius 3 is 2.78 bits per heavy atom. The van der Waals surface area contributed by atoms with Crippen LogP contribution in [-0.2, 0) is 4.79 Å². The standard InChI is InChI=1S/C13H18BrNO3/c1-4-15(3)13(17)8-18-12-6-5-10(14)7-11(12)9(2)16/h5-7,9,16H,4,8H2,1-3H3/t9-/m0/s1. The first-order chi connectivity index (χ1) is 8.45. The van der Waals surface area contributed by atoms with E-state index < -0.39 is 6.10 Å². The molecular weight excluding hydrogens is 298 g/mol. The Morgan fingerprint density at radius 1 is 1.56 bits per heavy atom. The van der Waals surface area contributed by atoms with Crippen LogP contribution in [0.5, 0.6) is 5.75 Å². The highest BCUT2D eigenvalue weighted by Crippen LogP contribution is 2.28. The van der Waals surface area contributed by atoms with Crippen LogP contribution in [0.15, 0.2) is 22.7 Å². The summed E-state index contributed by atoms with van der Waals surface area (Å²) >= 11 is 3.34. The predicted molar refractivity (Wildman–Crippen MR) is 73.6 cm³/mol. The van der Waals surface area contributed by atoms with E-state index in [1.54, 1.807) is 31.0 Å². The third kappa shape index (κ3) is 3.99. The van der Waals surface area contributed by atoms with Gasteiger partial charge in [0.1, 0.15) is 5.75 Å². The van der Waals surface area contributed by atoms with E-state index in [1.807, 2.05) is 13.0 Å². The van der Waals surface area contributed by atoms with Gasteiger partial charge in [-0.05, 0) is 32.0 Å². The van der Waals surface area contributed by atoms with Gasteiger partial charge in [0.2, 0.25) is 0 Å². The molecule has 0 aromatic heterocycles. The van der Waals surface area contributed by atoms with Crippen molar-refractivity contribution in [2.45, 2.75) is 20.0 Å². The van der Waals surface area contributed by atoms with Gasteiger partial charge < -0.3 is 14.7 Å². The van der Waals surface area contributed by atoms with Gasteiger partial charge in [0.05, 0.1) is 6.10 Å². The van der Waals surface area contributed by atoms with Crippen molar-refractivity contribution in [3.63, 3.8) is 0 Å². The highest BCUT2D eigenvalue weighted by molar-refractivity contribution is 9.10. The molecule has 1 rings (SSSR count). The van der Waals surface area contributed by atoms with Crippen LogP contribution in [-0.4, -0.2) is 36.1 Å². The molecule has 18 heavy (non-hydrogen) atoms. The summed E-state index contributed by atoms with van der Waals surface area (Å²) < 4.78 is 6.33. The minimum atomic E-state index is -0.642. The molecule has 1 N–H and O–H groups in total. The van der Waals surface area contributed by atoms with Gasteiger partial charge in [0.15, 0.2) is 6.61 Å². The summed E-state index contributed by atoms with van der Waals surface area (Å²) in [6.07, 6.45) is -0.642. The Kier molecular flexibility index (Phi) is 5.62. The normalized spacial score (nSPS) is 12.1. The number of aliphatic hydroxyl groups excluding tert-OH is 1. The van der Waals surface area contributed by atoms with E-state index >= 15 is 0 Å². The summed E-state index contributed by atoms with van der Waals surface area (Å²) in [6, 6.07) is 5.34. The van der Waals surface area contributed by atoms with Crippen molar-refractivity contribution >= 4 is 21.8 Å². The molecule has 1 amide bonds. The van der Waals surface area contributed by atoms with Crippen LogP contribution >= 0.6 is 15.9 Å². The molecule has 1 atom stereocenters. The van der Waals surface area contributed by atoms with E-state index in [2.05, 4.69) is 15.9 Å². The summed E-state index contributed by atoms with van der Waals surface area (Å²) in [7, 11) is 1.73. The molecule has 0 spiro atoms. The van der Waals surface area contributed by atoms with Gasteiger partial charge in [0, 0.05) is 23.6 Å². The van der Waals surface area contributed by atoms with Gasteiger partial charge in [0.25, 0.3) is 5.91 Å². The van der Waals surface area contributed by atoms with Gasteiger partial charge in [-0.2, -0.15) is 0 Å². The Morgan fingerprint density at radius 2 is 2.22 bits per heavy atom. The fourth-order valence-electron chi connectivity index (χ4n) is 1.40. The zero-order chi connectivity index (χ0) is 13.7. The lowest BCUT2D eigenvalue weighted by atomic mass is 10.1. The molecule has 4 nitrogen and oxygen atoms in total. The average molecular weight is 316 g/mol. The number of hydrogen-bond acceptors (Lipinski definition) is 3. The van der Waals surface area contributed by atoms with E-state index in [-0.39, 0.29) is 12.5 Å². The number of carbonyl (C=O) groups is 1. The second-order valence-corrected chi connectivity index (χ2v) is 4.97. The Bertz CT molecular complexity index is 421. The third-order valence-electron chi connectivity index (χ3n) is 2.67. The second-order valence-electron chi connectivity index (χ2n) is 4.05. The van der Waals surface area contributed by atoms with Gasteiger partial charge in [-0.15, -0.1) is 0 Å². The van der Waals surface area contributed by atoms with Crippen LogP contribution in [0, 0.1) is 0 Å². The molecule has 0 radical (unpaired) electrons. The lowest BCUT2D eigenvalue weighted by Crippen LogP contribution is -2.31. The van der Waals surface area contributed by atoms with Gasteiger partial charge in [-0.1, -0.05) is 15.9 Å². The van der Waals surface area contributed by atoms with Crippen LogP contribution in [0.25, 0.3) is 0 Å². The van der Waals surface area contributed by atoms with Crippen molar-refractivity contribution < 1.29 is 14.6 Å². The van der Waals surface area contributed by atoms with Crippen molar-refractivity contribution in [3.05, 3.63) is 28.2 Å². The minimum Gasteiger partial charge on any atom is -0.483 e. The summed E-state index contributed by atoms with van der Waals surface area (Å²) in [6.45, 7) is 4.19. The number of amides is 1. The van der Waals surface area contributed by atoms with E-state index in [1.165, 1.54) is 0 Å². The average Bonchev–Trinajstić information content (AvgIpc) is 2.35. The first-order valence-corrected chi connectivity index (χ1v) is 6.59. The summed E-state index contributed by atoms with van der Waals surface area (Å²) in [5.41, 5.74) is 0.663. The highest BCUT2D eigenvalue weighted by Gasteiger charge is 2.12. The van der Waals surface area contributed by atoms with Gasteiger partial charge >= 0.3 is 0 Å². The van der Waals surface area contributed by atoms with Crippen LogP contribution in [0.2, 0.25) is 0 Å². The highest BCUT2D eigenvalue weighted by atomic mass is 79.9. The molecule has 5 heteroatoms. The molecule has 1 aromatic carbocycles. The first kappa shape index (κ1) is 15.0. The number of carbonyl (C=O) groups excluding carboxylic acids is 1. The molecule has 0 aliphatic carbocycles. The van der Waals surface area contributed by atoms with Gasteiger partial charge in [-0.25, -0.2) is 0 Å². The van der Waals surface area contributed by atoms with E-state index in [4.69, 9.17) is 4.74 Å². The molecule has 0 saturated carbocycles. The lowest BCUT2D eigenvalue weighted by molar-refractivity contribution is -0.131. The molecule has 0 heterocycles. The Hall–Kier alpha value is -1.07. The van der Waals surface area contributed by atoms with Crippen LogP contribution in [0.4, 0.5) is 0 Å². The number of nitrogens with zero attached hydrogens (tertiary/aromatic N) is 1. The first-order valence-electron chi connectivity index (χ1n) is 5.80. The van der Waals surface area contributed by atoms with Crippen molar-refractivity contribution in [2.24, 2.45) is 0 Å². The van der Waals surface area contributed by atoms with Crippen molar-refractivity contribution in [3.8, 4) is 5.75 Å². The maximum Gasteiger partial charge on any atom is 0.260 e. The molecule has 0 unspecified atom stereocenters. The maximum atomic E-state index is 11.6. The number of aliphatic hydroxyl groups is 1. The Labute approximate surface area is 116 Å². The second kappa shape index (κ2) is 6.75. The van der Waals surface area contributed by atoms with Gasteiger partial charge in [-0.3, -0.25) is 4.79 Å². The number of rotatable bonds is 5. The number of ether oxygens (including phenoxy) is 1. The lowest BCUT2D eigenvalue weighted by Gasteiger charge is -2.17. The topological polar surface area (TPSA) is 49.8 Å². The van der Waals surface area contributed by atoms with Crippen LogP contribution in [0.1, 0.15) is 25.5 Å². The number of hydrogen-bond donors (Lipinski definition) is 1. The quantitative estimate of drug-likeness (QED) is 0.907. The van der Waals surface area contributed by atoms with Crippen molar-refractivity contribution in [2.75, 3.05) is 20.2 Å². The summed E-state index contributed by atoms with van der Waals surface area (Å²) in [5.74, 6) is 0.447. The fourth-order valence-corrected chi connectivity index (χ4v) is 1.78. The minimum absolute atomic E-state index is 0.0221. The third-order valence-corrected chi connectivity index (χ3v) is 3.17. The fraction of sp³-hybridized carbons (Fsp3) is 0.462. The van der Waals surface area contributed by atoms with Crippen molar-refractivity contribution in [1.29, 1.82) is 0 Å². The summed E-state index contributed by atoms with van der Waals surface area (Å²) in [5, 5.41) is 9.65. The van der Waals surface area contributed by atoms with E-state index in [9.17, 15) is 9.90 Å². The molecule has 0 aliphatic heterocycles. The molecule has 1 aromatic rings. The molecular formula is C13H18BrNO3. The van der Waals surface area contributed by atoms with E-state index in [0.717, 1.165) is 4.47 Å². The number of halogens is 1. The largest absolute Gasteiger partial charge is 0.483 e. The van der Waals surface area contributed by atoms with E-state index in [0.29, 0.717) is 17.9 Å². The smallest absolute Gasteiger partial charge is 0.260 e. The predicted octanol–water partition coefficient (Wildman–Crippen LogP) is 2.36. The Balaban J connectivity index is 2.76.